The molecule has 0 unspecified atom stereocenters. The van der Waals surface area contributed by atoms with Crippen molar-refractivity contribution in [3.8, 4) is 0 Å². The number of piperazine rings is 1. The fourth-order valence-electron chi connectivity index (χ4n) is 2.99. The van der Waals surface area contributed by atoms with Crippen LogP contribution in [-0.2, 0) is 4.79 Å². The average molecular weight is 301 g/mol. The topological polar surface area (TPSA) is 49.6 Å². The summed E-state index contributed by atoms with van der Waals surface area (Å²) < 4.78 is 5.46. The maximum Gasteiger partial charge on any atom is 0.180 e. The van der Waals surface area contributed by atoms with Crippen LogP contribution in [-0.4, -0.2) is 49.1 Å². The first-order valence-corrected chi connectivity index (χ1v) is 7.78. The number of rotatable bonds is 4. The molecular weight excluding hydrogens is 278 g/mol. The van der Waals surface area contributed by atoms with Gasteiger partial charge in [0.15, 0.2) is 11.4 Å². The lowest BCUT2D eigenvalue weighted by atomic mass is 9.95. The Morgan fingerprint density at radius 3 is 2.68 bits per heavy atom. The molecule has 22 heavy (non-hydrogen) atoms. The van der Waals surface area contributed by atoms with Gasteiger partial charge in [-0.3, -0.25) is 4.90 Å². The zero-order chi connectivity index (χ0) is 15.7. The van der Waals surface area contributed by atoms with E-state index in [0.29, 0.717) is 0 Å². The molecule has 1 aliphatic heterocycles. The number of carbonyl (C=O) groups is 1. The molecule has 0 atom stereocenters. The SMILES string of the molecule is Cc1ccc2c(N3CCN(CC(C)(C)C=O)CC3)noc2c1. The van der Waals surface area contributed by atoms with E-state index in [4.69, 9.17) is 4.52 Å². The average Bonchev–Trinajstić information content (AvgIpc) is 2.90. The Kier molecular flexibility index (Phi) is 3.91. The van der Waals surface area contributed by atoms with Crippen molar-refractivity contribution in [1.29, 1.82) is 0 Å². The van der Waals surface area contributed by atoms with Gasteiger partial charge in [0.2, 0.25) is 0 Å². The van der Waals surface area contributed by atoms with E-state index in [1.807, 2.05) is 19.9 Å². The second kappa shape index (κ2) is 5.72. The van der Waals surface area contributed by atoms with Crippen molar-refractivity contribution in [3.63, 3.8) is 0 Å². The van der Waals surface area contributed by atoms with Crippen LogP contribution in [0.3, 0.4) is 0 Å². The van der Waals surface area contributed by atoms with Crippen LogP contribution in [0.5, 0.6) is 0 Å². The molecular formula is C17H23N3O2. The molecule has 0 aliphatic carbocycles. The maximum atomic E-state index is 11.1. The molecule has 0 saturated carbocycles. The van der Waals surface area contributed by atoms with Crippen LogP contribution >= 0.6 is 0 Å². The van der Waals surface area contributed by atoms with E-state index in [1.165, 1.54) is 5.56 Å². The fraction of sp³-hybridized carbons (Fsp3) is 0.529. The third-order valence-corrected chi connectivity index (χ3v) is 4.23. The Hall–Kier alpha value is -1.88. The quantitative estimate of drug-likeness (QED) is 0.812. The number of hydrogen-bond acceptors (Lipinski definition) is 5. The summed E-state index contributed by atoms with van der Waals surface area (Å²) in [5, 5.41) is 5.33. The van der Waals surface area contributed by atoms with Crippen molar-refractivity contribution in [1.82, 2.24) is 10.1 Å². The minimum Gasteiger partial charge on any atom is -0.354 e. The van der Waals surface area contributed by atoms with Crippen molar-refractivity contribution in [2.75, 3.05) is 37.6 Å². The minimum absolute atomic E-state index is 0.277. The van der Waals surface area contributed by atoms with Crippen molar-refractivity contribution < 1.29 is 9.32 Å². The van der Waals surface area contributed by atoms with Crippen molar-refractivity contribution >= 4 is 23.1 Å². The van der Waals surface area contributed by atoms with E-state index in [0.717, 1.165) is 55.8 Å². The molecule has 0 bridgehead atoms. The molecule has 5 nitrogen and oxygen atoms in total. The minimum atomic E-state index is -0.277. The molecule has 0 radical (unpaired) electrons. The van der Waals surface area contributed by atoms with E-state index < -0.39 is 0 Å². The Balaban J connectivity index is 1.69. The van der Waals surface area contributed by atoms with E-state index >= 15 is 0 Å². The number of nitrogens with zero attached hydrogens (tertiary/aromatic N) is 3. The van der Waals surface area contributed by atoms with Gasteiger partial charge in [-0.05, 0) is 24.6 Å². The second-order valence-corrected chi connectivity index (χ2v) is 6.88. The van der Waals surface area contributed by atoms with Crippen molar-refractivity contribution in [3.05, 3.63) is 23.8 Å². The first kappa shape index (κ1) is 15.0. The van der Waals surface area contributed by atoms with Gasteiger partial charge in [-0.2, -0.15) is 0 Å². The van der Waals surface area contributed by atoms with Gasteiger partial charge in [0.05, 0.1) is 5.39 Å². The van der Waals surface area contributed by atoms with Gasteiger partial charge in [-0.15, -0.1) is 0 Å². The van der Waals surface area contributed by atoms with Crippen LogP contribution in [0.2, 0.25) is 0 Å². The highest BCUT2D eigenvalue weighted by Crippen LogP contribution is 2.28. The monoisotopic (exact) mass is 301 g/mol. The van der Waals surface area contributed by atoms with Crippen LogP contribution in [0.1, 0.15) is 19.4 Å². The number of carbonyl (C=O) groups excluding carboxylic acids is 1. The van der Waals surface area contributed by atoms with E-state index in [2.05, 4.69) is 34.0 Å². The zero-order valence-corrected chi connectivity index (χ0v) is 13.5. The molecule has 3 rings (SSSR count). The molecule has 1 aromatic carbocycles. The molecule has 0 amide bonds. The summed E-state index contributed by atoms with van der Waals surface area (Å²) in [6, 6.07) is 6.19. The molecule has 1 saturated heterocycles. The third kappa shape index (κ3) is 2.99. The highest BCUT2D eigenvalue weighted by molar-refractivity contribution is 5.89. The highest BCUT2D eigenvalue weighted by atomic mass is 16.5. The standard InChI is InChI=1S/C17H23N3O2/c1-13-4-5-14-15(10-13)22-18-16(14)20-8-6-19(7-9-20)11-17(2,3)12-21/h4-5,10,12H,6-9,11H2,1-3H3. The first-order chi connectivity index (χ1) is 10.5. The predicted molar refractivity (Wildman–Crippen MR) is 87.2 cm³/mol. The summed E-state index contributed by atoms with van der Waals surface area (Å²) >= 11 is 0. The Morgan fingerprint density at radius 1 is 1.27 bits per heavy atom. The van der Waals surface area contributed by atoms with Gasteiger partial charge in [0, 0.05) is 38.1 Å². The van der Waals surface area contributed by atoms with Gasteiger partial charge in [-0.25, -0.2) is 0 Å². The summed E-state index contributed by atoms with van der Waals surface area (Å²) in [5.74, 6) is 0.935. The number of benzene rings is 1. The lowest BCUT2D eigenvalue weighted by Gasteiger charge is -2.37. The van der Waals surface area contributed by atoms with Gasteiger partial charge in [-0.1, -0.05) is 25.1 Å². The van der Waals surface area contributed by atoms with Gasteiger partial charge < -0.3 is 14.2 Å². The smallest absolute Gasteiger partial charge is 0.180 e. The first-order valence-electron chi connectivity index (χ1n) is 7.78. The van der Waals surface area contributed by atoms with Crippen molar-refractivity contribution in [2.45, 2.75) is 20.8 Å². The molecule has 5 heteroatoms. The Labute approximate surface area is 130 Å². The summed E-state index contributed by atoms with van der Waals surface area (Å²) in [6.07, 6.45) is 1.05. The molecule has 1 aliphatic rings. The lowest BCUT2D eigenvalue weighted by Crippen LogP contribution is -2.49. The number of anilines is 1. The largest absolute Gasteiger partial charge is 0.354 e. The normalized spacial score (nSPS) is 17.1. The highest BCUT2D eigenvalue weighted by Gasteiger charge is 2.26. The Bertz CT molecular complexity index is 670. The van der Waals surface area contributed by atoms with Gasteiger partial charge in [0.1, 0.15) is 6.29 Å². The number of aromatic nitrogens is 1. The third-order valence-electron chi connectivity index (χ3n) is 4.23. The Morgan fingerprint density at radius 2 is 2.00 bits per heavy atom. The second-order valence-electron chi connectivity index (χ2n) is 6.88. The molecule has 118 valence electrons. The van der Waals surface area contributed by atoms with Gasteiger partial charge in [0.25, 0.3) is 0 Å². The van der Waals surface area contributed by atoms with E-state index in [-0.39, 0.29) is 5.41 Å². The van der Waals surface area contributed by atoms with Gasteiger partial charge >= 0.3 is 0 Å². The summed E-state index contributed by atoms with van der Waals surface area (Å²) in [4.78, 5) is 15.7. The van der Waals surface area contributed by atoms with Crippen molar-refractivity contribution in [2.24, 2.45) is 5.41 Å². The number of aldehydes is 1. The summed E-state index contributed by atoms with van der Waals surface area (Å²) in [5.41, 5.74) is 1.75. The van der Waals surface area contributed by atoms with E-state index in [9.17, 15) is 4.79 Å². The number of hydrogen-bond donors (Lipinski definition) is 0. The lowest BCUT2D eigenvalue weighted by molar-refractivity contribution is -0.115. The van der Waals surface area contributed by atoms with Crippen LogP contribution in [0.4, 0.5) is 5.82 Å². The van der Waals surface area contributed by atoms with Crippen LogP contribution in [0, 0.1) is 12.3 Å². The predicted octanol–water partition coefficient (Wildman–Crippen LogP) is 2.48. The van der Waals surface area contributed by atoms with E-state index in [1.54, 1.807) is 0 Å². The molecule has 2 aromatic rings. The van der Waals surface area contributed by atoms with Crippen LogP contribution < -0.4 is 4.90 Å². The molecule has 0 spiro atoms. The molecule has 1 fully saturated rings. The summed E-state index contributed by atoms with van der Waals surface area (Å²) in [6.45, 7) is 10.5. The number of fused-ring (bicyclic) bond motifs is 1. The van der Waals surface area contributed by atoms with Crippen LogP contribution in [0.25, 0.3) is 11.0 Å². The molecule has 0 N–H and O–H groups in total. The van der Waals surface area contributed by atoms with Crippen LogP contribution in [0.15, 0.2) is 22.7 Å². The zero-order valence-electron chi connectivity index (χ0n) is 13.5. The summed E-state index contributed by atoms with van der Waals surface area (Å²) in [7, 11) is 0. The molecule has 2 heterocycles. The fourth-order valence-corrected chi connectivity index (χ4v) is 2.99. The molecule has 1 aromatic heterocycles. The number of aryl methyl sites for hydroxylation is 1. The maximum absolute atomic E-state index is 11.1.